The molecule has 0 atom stereocenters. The average molecular weight is 474 g/mol. The Bertz CT molecular complexity index is 796. The molecule has 0 radical (unpaired) electrons. The van der Waals surface area contributed by atoms with Gasteiger partial charge in [-0.15, -0.1) is 0 Å². The van der Waals surface area contributed by atoms with Crippen LogP contribution in [0, 0.1) is 6.92 Å². The Morgan fingerprint density at radius 1 is 0.971 bits per heavy atom. The molecule has 2 aromatic rings. The number of unbranched alkanes of at least 4 members (excludes halogenated alkanes) is 9. The summed E-state index contributed by atoms with van der Waals surface area (Å²) in [5.41, 5.74) is 7.42. The molecule has 0 saturated heterocycles. The van der Waals surface area contributed by atoms with Gasteiger partial charge in [-0.05, 0) is 25.3 Å². The third-order valence-electron chi connectivity index (χ3n) is 5.59. The number of amides is 2. The van der Waals surface area contributed by atoms with Gasteiger partial charge in [0.25, 0.3) is 0 Å². The minimum absolute atomic E-state index is 0.151. The van der Waals surface area contributed by atoms with Crippen LogP contribution >= 0.6 is 0 Å². The second kappa shape index (κ2) is 17.8. The minimum Gasteiger partial charge on any atom is -0.381 e. The molecular formula is C26H43N5O3. The number of hydrogen-bond acceptors (Lipinski definition) is 6. The Hall–Kier alpha value is -2.61. The Morgan fingerprint density at radius 3 is 2.41 bits per heavy atom. The number of anilines is 1. The zero-order valence-electron chi connectivity index (χ0n) is 21.0. The van der Waals surface area contributed by atoms with Crippen LogP contribution in [0.25, 0.3) is 0 Å². The maximum absolute atomic E-state index is 11.9. The molecule has 8 nitrogen and oxygen atoms in total. The highest BCUT2D eigenvalue weighted by atomic mass is 16.5. The standard InChI is InChI=1S/C26H43N5O3/c1-3-4-5-6-7-8-9-10-11-12-18-33-19-14-17-27-25(32)29-30-26-28-24(31-34-26)21-23-16-13-15-22(2)20-23/h13,15-16,20H,3-12,14,17-19,21H2,1-2H3,(H2,27,29,32)(H,28,30,31). The van der Waals surface area contributed by atoms with Gasteiger partial charge >= 0.3 is 12.0 Å². The number of hydrogen-bond donors (Lipinski definition) is 3. The van der Waals surface area contributed by atoms with E-state index in [0.717, 1.165) is 25.0 Å². The van der Waals surface area contributed by atoms with Gasteiger partial charge in [0.1, 0.15) is 0 Å². The third kappa shape index (κ3) is 13.2. The van der Waals surface area contributed by atoms with Crippen molar-refractivity contribution in [2.45, 2.75) is 90.9 Å². The number of nitrogens with zero attached hydrogens (tertiary/aromatic N) is 2. The fourth-order valence-corrected chi connectivity index (χ4v) is 3.71. The number of hydrazine groups is 1. The number of aromatic nitrogens is 2. The van der Waals surface area contributed by atoms with Crippen molar-refractivity contribution in [3.05, 3.63) is 41.2 Å². The van der Waals surface area contributed by atoms with Gasteiger partial charge in [0.15, 0.2) is 5.82 Å². The lowest BCUT2D eigenvalue weighted by atomic mass is 10.1. The monoisotopic (exact) mass is 473 g/mol. The largest absolute Gasteiger partial charge is 0.381 e. The van der Waals surface area contributed by atoms with Crippen molar-refractivity contribution in [3.8, 4) is 0 Å². The van der Waals surface area contributed by atoms with E-state index in [0.29, 0.717) is 25.4 Å². The lowest BCUT2D eigenvalue weighted by Crippen LogP contribution is -2.39. The fraction of sp³-hybridized carbons (Fsp3) is 0.654. The molecule has 0 aliphatic heterocycles. The van der Waals surface area contributed by atoms with Gasteiger partial charge in [-0.25, -0.2) is 15.6 Å². The summed E-state index contributed by atoms with van der Waals surface area (Å²) in [6.45, 7) is 6.28. The molecule has 190 valence electrons. The molecule has 8 heteroatoms. The van der Waals surface area contributed by atoms with E-state index in [2.05, 4.69) is 39.3 Å². The Balaban J connectivity index is 1.39. The van der Waals surface area contributed by atoms with E-state index in [1.807, 2.05) is 25.1 Å². The van der Waals surface area contributed by atoms with Crippen molar-refractivity contribution in [2.24, 2.45) is 0 Å². The molecule has 0 aliphatic rings. The van der Waals surface area contributed by atoms with Gasteiger partial charge in [0.2, 0.25) is 0 Å². The van der Waals surface area contributed by atoms with Crippen LogP contribution in [0.15, 0.2) is 28.8 Å². The second-order valence-electron chi connectivity index (χ2n) is 8.84. The van der Waals surface area contributed by atoms with Crippen LogP contribution in [0.4, 0.5) is 10.8 Å². The molecule has 1 aromatic carbocycles. The first kappa shape index (κ1) is 27.6. The van der Waals surface area contributed by atoms with E-state index in [1.54, 1.807) is 0 Å². The Morgan fingerprint density at radius 2 is 1.68 bits per heavy atom. The molecule has 2 rings (SSSR count). The molecule has 0 aliphatic carbocycles. The number of benzene rings is 1. The summed E-state index contributed by atoms with van der Waals surface area (Å²) < 4.78 is 10.8. The van der Waals surface area contributed by atoms with Crippen LogP contribution in [0.5, 0.6) is 0 Å². The van der Waals surface area contributed by atoms with Crippen LogP contribution in [-0.2, 0) is 11.2 Å². The lowest BCUT2D eigenvalue weighted by molar-refractivity contribution is 0.127. The number of urea groups is 1. The van der Waals surface area contributed by atoms with Gasteiger partial charge in [-0.1, -0.05) is 99.7 Å². The molecule has 0 fully saturated rings. The number of rotatable bonds is 19. The van der Waals surface area contributed by atoms with Crippen molar-refractivity contribution in [1.29, 1.82) is 0 Å². The van der Waals surface area contributed by atoms with Gasteiger partial charge in [0.05, 0.1) is 0 Å². The zero-order chi connectivity index (χ0) is 24.3. The van der Waals surface area contributed by atoms with E-state index in [-0.39, 0.29) is 12.0 Å². The van der Waals surface area contributed by atoms with Crippen molar-refractivity contribution in [1.82, 2.24) is 20.9 Å². The van der Waals surface area contributed by atoms with Crippen LogP contribution in [0.3, 0.4) is 0 Å². The van der Waals surface area contributed by atoms with E-state index >= 15 is 0 Å². The van der Waals surface area contributed by atoms with Crippen molar-refractivity contribution >= 4 is 12.0 Å². The van der Waals surface area contributed by atoms with E-state index in [4.69, 9.17) is 9.26 Å². The topological polar surface area (TPSA) is 101 Å². The van der Waals surface area contributed by atoms with Gasteiger partial charge < -0.3 is 14.6 Å². The Labute approximate surface area is 204 Å². The number of nitrogens with one attached hydrogen (secondary N) is 3. The molecule has 34 heavy (non-hydrogen) atoms. The quantitative estimate of drug-likeness (QED) is 0.173. The predicted molar refractivity (Wildman–Crippen MR) is 136 cm³/mol. The summed E-state index contributed by atoms with van der Waals surface area (Å²) in [7, 11) is 0. The molecule has 0 spiro atoms. The summed E-state index contributed by atoms with van der Waals surface area (Å²) in [4.78, 5) is 16.1. The van der Waals surface area contributed by atoms with Crippen LogP contribution in [0.1, 0.15) is 94.5 Å². The van der Waals surface area contributed by atoms with Crippen LogP contribution in [0.2, 0.25) is 0 Å². The maximum Gasteiger partial charge on any atom is 0.340 e. The Kier molecular flexibility index (Phi) is 14.5. The summed E-state index contributed by atoms with van der Waals surface area (Å²) in [6, 6.07) is 7.93. The molecule has 0 unspecified atom stereocenters. The van der Waals surface area contributed by atoms with E-state index in [1.165, 1.54) is 63.4 Å². The average Bonchev–Trinajstić information content (AvgIpc) is 3.27. The normalized spacial score (nSPS) is 10.9. The highest BCUT2D eigenvalue weighted by Gasteiger charge is 2.08. The first-order chi connectivity index (χ1) is 16.7. The van der Waals surface area contributed by atoms with E-state index in [9.17, 15) is 4.79 Å². The van der Waals surface area contributed by atoms with E-state index < -0.39 is 0 Å². The first-order valence-corrected chi connectivity index (χ1v) is 12.9. The lowest BCUT2D eigenvalue weighted by Gasteiger charge is -2.07. The fourth-order valence-electron chi connectivity index (χ4n) is 3.71. The summed E-state index contributed by atoms with van der Waals surface area (Å²) in [5, 5.41) is 6.69. The van der Waals surface area contributed by atoms with Gasteiger partial charge in [0, 0.05) is 26.2 Å². The smallest absolute Gasteiger partial charge is 0.340 e. The van der Waals surface area contributed by atoms with Crippen LogP contribution in [-0.4, -0.2) is 35.9 Å². The minimum atomic E-state index is -0.354. The molecule has 1 heterocycles. The number of ether oxygens (including phenoxy) is 1. The molecule has 0 bridgehead atoms. The summed E-state index contributed by atoms with van der Waals surface area (Å²) in [5.74, 6) is 0.551. The maximum atomic E-state index is 11.9. The van der Waals surface area contributed by atoms with Gasteiger partial charge in [-0.2, -0.15) is 4.98 Å². The highest BCUT2D eigenvalue weighted by molar-refractivity contribution is 5.74. The predicted octanol–water partition coefficient (Wildman–Crippen LogP) is 5.92. The number of carbonyl (C=O) groups excluding carboxylic acids is 1. The number of aryl methyl sites for hydroxylation is 1. The van der Waals surface area contributed by atoms with Crippen molar-refractivity contribution in [3.63, 3.8) is 0 Å². The number of carbonyl (C=O) groups is 1. The summed E-state index contributed by atoms with van der Waals surface area (Å²) in [6.07, 6.45) is 14.6. The molecular weight excluding hydrogens is 430 g/mol. The third-order valence-corrected chi connectivity index (χ3v) is 5.59. The molecule has 0 saturated carbocycles. The zero-order valence-corrected chi connectivity index (χ0v) is 21.0. The molecule has 3 N–H and O–H groups in total. The molecule has 2 amide bonds. The van der Waals surface area contributed by atoms with Gasteiger partial charge in [-0.3, -0.25) is 0 Å². The first-order valence-electron chi connectivity index (χ1n) is 12.9. The van der Waals surface area contributed by atoms with Crippen molar-refractivity contribution in [2.75, 3.05) is 25.2 Å². The highest BCUT2D eigenvalue weighted by Crippen LogP contribution is 2.11. The molecule has 1 aromatic heterocycles. The summed E-state index contributed by atoms with van der Waals surface area (Å²) >= 11 is 0. The van der Waals surface area contributed by atoms with Crippen molar-refractivity contribution < 1.29 is 14.1 Å². The SMILES string of the molecule is CCCCCCCCCCCCOCCCNC(=O)NNc1nc(Cc2cccc(C)c2)no1. The van der Waals surface area contributed by atoms with Crippen LogP contribution < -0.4 is 16.2 Å². The second-order valence-corrected chi connectivity index (χ2v) is 8.84.